The van der Waals surface area contributed by atoms with E-state index >= 15 is 0 Å². The lowest BCUT2D eigenvalue weighted by atomic mass is 10.2. The summed E-state index contributed by atoms with van der Waals surface area (Å²) in [5, 5.41) is 20.7. The molecule has 0 aliphatic carbocycles. The quantitative estimate of drug-likeness (QED) is 0.487. The van der Waals surface area contributed by atoms with E-state index in [9.17, 15) is 10.1 Å². The van der Waals surface area contributed by atoms with Crippen molar-refractivity contribution in [2.24, 2.45) is 0 Å². The molecule has 0 heterocycles. The smallest absolute Gasteiger partial charge is 0.275 e. The van der Waals surface area contributed by atoms with Crippen molar-refractivity contribution in [1.29, 1.82) is 0 Å². The molecule has 0 aromatic heterocycles. The first-order valence-corrected chi connectivity index (χ1v) is 6.76. The van der Waals surface area contributed by atoms with Gasteiger partial charge in [-0.15, -0.1) is 0 Å². The van der Waals surface area contributed by atoms with Crippen LogP contribution >= 0.6 is 34.8 Å². The number of nitro groups is 1. The maximum Gasteiger partial charge on any atom is 0.275 e. The molecule has 0 fully saturated rings. The Bertz CT molecular complexity index is 706. The molecule has 0 amide bonds. The van der Waals surface area contributed by atoms with Gasteiger partial charge in [0, 0.05) is 12.1 Å². The molecule has 0 saturated heterocycles. The van der Waals surface area contributed by atoms with E-state index in [-0.39, 0.29) is 37.8 Å². The Morgan fingerprint density at radius 2 is 1.76 bits per heavy atom. The van der Waals surface area contributed by atoms with Gasteiger partial charge in [-0.05, 0) is 18.2 Å². The third-order valence-corrected chi connectivity index (χ3v) is 3.64. The maximum absolute atomic E-state index is 10.8. The Labute approximate surface area is 134 Å². The van der Waals surface area contributed by atoms with Crippen LogP contribution in [0.25, 0.3) is 0 Å². The first kappa shape index (κ1) is 15.9. The Morgan fingerprint density at radius 3 is 2.38 bits per heavy atom. The van der Waals surface area contributed by atoms with Gasteiger partial charge in [-0.1, -0.05) is 34.8 Å². The van der Waals surface area contributed by atoms with E-state index in [1.165, 1.54) is 30.3 Å². The van der Waals surface area contributed by atoms with Gasteiger partial charge in [0.2, 0.25) is 0 Å². The minimum absolute atomic E-state index is 0.133. The van der Waals surface area contributed by atoms with Crippen LogP contribution < -0.4 is 4.74 Å². The fourth-order valence-corrected chi connectivity index (χ4v) is 2.22. The second kappa shape index (κ2) is 6.49. The molecule has 5 nitrogen and oxygen atoms in total. The number of hydrogen-bond donors (Lipinski definition) is 1. The highest BCUT2D eigenvalue weighted by Crippen LogP contribution is 2.37. The molecule has 1 N–H and O–H groups in total. The van der Waals surface area contributed by atoms with Crippen molar-refractivity contribution in [2.45, 2.75) is 6.61 Å². The molecule has 2 rings (SSSR count). The van der Waals surface area contributed by atoms with Gasteiger partial charge in [0.1, 0.15) is 11.5 Å². The summed E-state index contributed by atoms with van der Waals surface area (Å²) in [6, 6.07) is 6.87. The summed E-state index contributed by atoms with van der Waals surface area (Å²) in [4.78, 5) is 10.2. The fourth-order valence-electron chi connectivity index (χ4n) is 1.64. The molecule has 8 heteroatoms. The average molecular weight is 349 g/mol. The van der Waals surface area contributed by atoms with Crippen molar-refractivity contribution in [3.8, 4) is 11.5 Å². The molecule has 0 aliphatic heterocycles. The number of ether oxygens (including phenoxy) is 1. The zero-order chi connectivity index (χ0) is 15.6. The summed E-state index contributed by atoms with van der Waals surface area (Å²) in [6.07, 6.45) is 0. The van der Waals surface area contributed by atoms with Crippen molar-refractivity contribution < 1.29 is 14.8 Å². The van der Waals surface area contributed by atoms with E-state index in [0.29, 0.717) is 0 Å². The lowest BCUT2D eigenvalue weighted by Crippen LogP contribution is -1.96. The summed E-state index contributed by atoms with van der Waals surface area (Å²) in [7, 11) is 0. The standard InChI is InChI=1S/C13H8Cl3NO4/c14-9-4-11(16)13(5-10(9)15)21-8-1-2-12(17(19)20)7(3-8)6-18/h1-5,18H,6H2. The number of nitro benzene ring substituents is 1. The molecule has 0 spiro atoms. The predicted octanol–water partition coefficient (Wildman–Crippen LogP) is 4.84. The van der Waals surface area contributed by atoms with E-state index in [2.05, 4.69) is 0 Å². The minimum Gasteiger partial charge on any atom is -0.456 e. The highest BCUT2D eigenvalue weighted by Gasteiger charge is 2.15. The molecule has 0 radical (unpaired) electrons. The topological polar surface area (TPSA) is 72.6 Å². The zero-order valence-electron chi connectivity index (χ0n) is 10.3. The van der Waals surface area contributed by atoms with Crippen LogP contribution in [-0.2, 0) is 6.61 Å². The number of halogens is 3. The van der Waals surface area contributed by atoms with Crippen molar-refractivity contribution in [3.05, 3.63) is 61.1 Å². The van der Waals surface area contributed by atoms with Crippen LogP contribution in [0.4, 0.5) is 5.69 Å². The van der Waals surface area contributed by atoms with Crippen LogP contribution in [0.15, 0.2) is 30.3 Å². The third kappa shape index (κ3) is 3.57. The normalized spacial score (nSPS) is 10.5. The van der Waals surface area contributed by atoms with Gasteiger partial charge in [0.05, 0.1) is 32.2 Å². The van der Waals surface area contributed by atoms with Crippen LogP contribution in [0.3, 0.4) is 0 Å². The minimum atomic E-state index is -0.582. The van der Waals surface area contributed by atoms with Gasteiger partial charge >= 0.3 is 0 Å². The van der Waals surface area contributed by atoms with Crippen LogP contribution in [0.5, 0.6) is 11.5 Å². The lowest BCUT2D eigenvalue weighted by Gasteiger charge is -2.10. The summed E-state index contributed by atoms with van der Waals surface area (Å²) in [5.41, 5.74) is -0.0567. The highest BCUT2D eigenvalue weighted by molar-refractivity contribution is 6.43. The molecule has 0 aliphatic rings. The van der Waals surface area contributed by atoms with Gasteiger partial charge in [-0.3, -0.25) is 10.1 Å². The molecule has 0 saturated carbocycles. The Morgan fingerprint density at radius 1 is 1.10 bits per heavy atom. The highest BCUT2D eigenvalue weighted by atomic mass is 35.5. The van der Waals surface area contributed by atoms with Crippen LogP contribution in [-0.4, -0.2) is 10.0 Å². The molecular formula is C13H8Cl3NO4. The molecule has 21 heavy (non-hydrogen) atoms. The van der Waals surface area contributed by atoms with E-state index < -0.39 is 11.5 Å². The number of nitrogens with zero attached hydrogens (tertiary/aromatic N) is 1. The molecule has 110 valence electrons. The van der Waals surface area contributed by atoms with Gasteiger partial charge < -0.3 is 9.84 Å². The number of aliphatic hydroxyl groups excluding tert-OH is 1. The second-order valence-electron chi connectivity index (χ2n) is 4.00. The Balaban J connectivity index is 2.36. The van der Waals surface area contributed by atoms with E-state index in [4.69, 9.17) is 44.6 Å². The third-order valence-electron chi connectivity index (χ3n) is 2.62. The molecular weight excluding hydrogens is 341 g/mol. The van der Waals surface area contributed by atoms with Crippen molar-refractivity contribution >= 4 is 40.5 Å². The monoisotopic (exact) mass is 347 g/mol. The van der Waals surface area contributed by atoms with Crippen molar-refractivity contribution in [2.75, 3.05) is 0 Å². The zero-order valence-corrected chi connectivity index (χ0v) is 12.6. The van der Waals surface area contributed by atoms with Crippen LogP contribution in [0.2, 0.25) is 15.1 Å². The van der Waals surface area contributed by atoms with Gasteiger partial charge in [-0.25, -0.2) is 0 Å². The number of rotatable bonds is 4. The first-order chi connectivity index (χ1) is 9.92. The fraction of sp³-hybridized carbons (Fsp3) is 0.0769. The summed E-state index contributed by atoms with van der Waals surface area (Å²) < 4.78 is 5.51. The van der Waals surface area contributed by atoms with Crippen molar-refractivity contribution in [3.63, 3.8) is 0 Å². The summed E-state index contributed by atoms with van der Waals surface area (Å²) in [5.74, 6) is 0.536. The molecule has 2 aromatic carbocycles. The first-order valence-electron chi connectivity index (χ1n) is 5.63. The van der Waals surface area contributed by atoms with Gasteiger partial charge in [0.15, 0.2) is 0 Å². The largest absolute Gasteiger partial charge is 0.456 e. The predicted molar refractivity (Wildman–Crippen MR) is 80.6 cm³/mol. The van der Waals surface area contributed by atoms with Crippen molar-refractivity contribution in [1.82, 2.24) is 0 Å². The number of hydrogen-bond acceptors (Lipinski definition) is 4. The Kier molecular flexibility index (Phi) is 4.90. The second-order valence-corrected chi connectivity index (χ2v) is 5.23. The van der Waals surface area contributed by atoms with E-state index in [1.807, 2.05) is 0 Å². The number of benzene rings is 2. The average Bonchev–Trinajstić information content (AvgIpc) is 2.44. The summed E-state index contributed by atoms with van der Waals surface area (Å²) >= 11 is 17.7. The van der Waals surface area contributed by atoms with Crippen LogP contribution in [0.1, 0.15) is 5.56 Å². The van der Waals surface area contributed by atoms with E-state index in [0.717, 1.165) is 0 Å². The van der Waals surface area contributed by atoms with Gasteiger partial charge in [-0.2, -0.15) is 0 Å². The molecule has 0 atom stereocenters. The maximum atomic E-state index is 10.8. The number of aliphatic hydroxyl groups is 1. The molecule has 0 unspecified atom stereocenters. The van der Waals surface area contributed by atoms with Gasteiger partial charge in [0.25, 0.3) is 5.69 Å². The van der Waals surface area contributed by atoms with E-state index in [1.54, 1.807) is 0 Å². The van der Waals surface area contributed by atoms with Crippen LogP contribution in [0, 0.1) is 10.1 Å². The molecule has 0 bridgehead atoms. The summed E-state index contributed by atoms with van der Waals surface area (Å²) in [6.45, 7) is -0.484. The molecule has 2 aromatic rings. The Hall–Kier alpha value is -1.53. The lowest BCUT2D eigenvalue weighted by molar-refractivity contribution is -0.385. The SMILES string of the molecule is O=[N+]([O-])c1ccc(Oc2cc(Cl)c(Cl)cc2Cl)cc1CO.